The van der Waals surface area contributed by atoms with Gasteiger partial charge in [-0.3, -0.25) is 4.79 Å². The van der Waals surface area contributed by atoms with E-state index in [4.69, 9.17) is 9.47 Å². The van der Waals surface area contributed by atoms with Gasteiger partial charge in [-0.1, -0.05) is 18.2 Å². The van der Waals surface area contributed by atoms with Gasteiger partial charge >= 0.3 is 0 Å². The smallest absolute Gasteiger partial charge is 0.227 e. The summed E-state index contributed by atoms with van der Waals surface area (Å²) in [6.45, 7) is 2.08. The van der Waals surface area contributed by atoms with Gasteiger partial charge in [-0.15, -0.1) is 0 Å². The topological polar surface area (TPSA) is 59.0 Å². The number of hydrogen-bond acceptors (Lipinski definition) is 4. The van der Waals surface area contributed by atoms with Crippen LogP contribution in [0.4, 0.5) is 0 Å². The number of aromatic hydroxyl groups is 1. The van der Waals surface area contributed by atoms with Gasteiger partial charge in [0.1, 0.15) is 17.2 Å². The Morgan fingerprint density at radius 3 is 2.81 bits per heavy atom. The molecule has 1 heterocycles. The van der Waals surface area contributed by atoms with Gasteiger partial charge < -0.3 is 19.5 Å². The first kappa shape index (κ1) is 18.1. The van der Waals surface area contributed by atoms with Crippen molar-refractivity contribution in [3.05, 3.63) is 54.1 Å². The Labute approximate surface area is 154 Å². The Hall–Kier alpha value is -2.69. The van der Waals surface area contributed by atoms with Crippen LogP contribution in [0.5, 0.6) is 17.2 Å². The summed E-state index contributed by atoms with van der Waals surface area (Å²) in [4.78, 5) is 14.5. The molecular formula is C21H25NO4. The number of nitrogens with zero attached hydrogens (tertiary/aromatic N) is 1. The SMILES string of the molecule is COc1cccc(OC[C@@H]2CCCN(C(=O)Cc3cccc(O)c3)C2)c1. The van der Waals surface area contributed by atoms with Crippen LogP contribution in [-0.2, 0) is 11.2 Å². The fourth-order valence-corrected chi connectivity index (χ4v) is 3.29. The number of methoxy groups -OCH3 is 1. The molecule has 1 atom stereocenters. The highest BCUT2D eigenvalue weighted by atomic mass is 16.5. The van der Waals surface area contributed by atoms with E-state index in [1.54, 1.807) is 25.3 Å². The summed E-state index contributed by atoms with van der Waals surface area (Å²) in [6, 6.07) is 14.5. The maximum absolute atomic E-state index is 12.6. The minimum atomic E-state index is 0.0988. The molecule has 0 unspecified atom stereocenters. The van der Waals surface area contributed by atoms with Gasteiger partial charge in [-0.2, -0.15) is 0 Å². The van der Waals surface area contributed by atoms with E-state index >= 15 is 0 Å². The van der Waals surface area contributed by atoms with Crippen LogP contribution >= 0.6 is 0 Å². The van der Waals surface area contributed by atoms with E-state index in [-0.39, 0.29) is 11.7 Å². The Bertz CT molecular complexity index is 746. The molecule has 0 aromatic heterocycles. The third kappa shape index (κ3) is 4.91. The molecule has 5 heteroatoms. The maximum Gasteiger partial charge on any atom is 0.227 e. The molecule has 5 nitrogen and oxygen atoms in total. The highest BCUT2D eigenvalue weighted by Gasteiger charge is 2.24. The van der Waals surface area contributed by atoms with Crippen LogP contribution in [0.1, 0.15) is 18.4 Å². The van der Waals surface area contributed by atoms with Gasteiger partial charge in [0.15, 0.2) is 0 Å². The molecule has 1 fully saturated rings. The Balaban J connectivity index is 1.52. The minimum absolute atomic E-state index is 0.0988. The average molecular weight is 355 g/mol. The molecule has 1 saturated heterocycles. The predicted octanol–water partition coefficient (Wildman–Crippen LogP) is 3.26. The molecule has 0 bridgehead atoms. The van der Waals surface area contributed by atoms with Crippen molar-refractivity contribution in [2.75, 3.05) is 26.8 Å². The van der Waals surface area contributed by atoms with E-state index in [1.807, 2.05) is 35.2 Å². The second kappa shape index (κ2) is 8.61. The molecule has 0 radical (unpaired) electrons. The van der Waals surface area contributed by atoms with E-state index in [0.717, 1.165) is 36.4 Å². The number of amides is 1. The maximum atomic E-state index is 12.6. The second-order valence-electron chi connectivity index (χ2n) is 6.68. The van der Waals surface area contributed by atoms with Gasteiger partial charge in [-0.25, -0.2) is 0 Å². The van der Waals surface area contributed by atoms with E-state index in [1.165, 1.54) is 0 Å². The summed E-state index contributed by atoms with van der Waals surface area (Å²) < 4.78 is 11.1. The minimum Gasteiger partial charge on any atom is -0.508 e. The summed E-state index contributed by atoms with van der Waals surface area (Å²) in [7, 11) is 1.64. The van der Waals surface area contributed by atoms with E-state index in [2.05, 4.69) is 0 Å². The van der Waals surface area contributed by atoms with Gasteiger partial charge in [0.2, 0.25) is 5.91 Å². The summed E-state index contributed by atoms with van der Waals surface area (Å²) in [5, 5.41) is 9.54. The number of hydrogen-bond donors (Lipinski definition) is 1. The van der Waals surface area contributed by atoms with Crippen molar-refractivity contribution in [3.63, 3.8) is 0 Å². The third-order valence-electron chi connectivity index (χ3n) is 4.66. The van der Waals surface area contributed by atoms with Crippen molar-refractivity contribution < 1.29 is 19.4 Å². The van der Waals surface area contributed by atoms with Crippen molar-refractivity contribution in [2.45, 2.75) is 19.3 Å². The first-order chi connectivity index (χ1) is 12.6. The quantitative estimate of drug-likeness (QED) is 0.864. The van der Waals surface area contributed by atoms with Crippen molar-refractivity contribution in [3.8, 4) is 17.2 Å². The monoisotopic (exact) mass is 355 g/mol. The highest BCUT2D eigenvalue weighted by molar-refractivity contribution is 5.79. The number of benzene rings is 2. The molecule has 0 saturated carbocycles. The van der Waals surface area contributed by atoms with E-state index < -0.39 is 0 Å². The van der Waals surface area contributed by atoms with E-state index in [0.29, 0.717) is 25.5 Å². The standard InChI is InChI=1S/C21H25NO4/c1-25-19-8-3-9-20(13-19)26-15-17-6-4-10-22(14-17)21(24)12-16-5-2-7-18(23)11-16/h2-3,5,7-9,11,13,17,23H,4,6,10,12,14-15H2,1H3/t17-/m1/s1. The fraction of sp³-hybridized carbons (Fsp3) is 0.381. The Morgan fingerprint density at radius 2 is 2.00 bits per heavy atom. The van der Waals surface area contributed by atoms with Gasteiger partial charge in [-0.05, 0) is 42.7 Å². The van der Waals surface area contributed by atoms with Crippen LogP contribution in [-0.4, -0.2) is 42.7 Å². The zero-order valence-corrected chi connectivity index (χ0v) is 15.1. The van der Waals surface area contributed by atoms with Crippen molar-refractivity contribution in [1.82, 2.24) is 4.90 Å². The number of rotatable bonds is 6. The molecule has 1 N–H and O–H groups in total. The zero-order chi connectivity index (χ0) is 18.4. The lowest BCUT2D eigenvalue weighted by atomic mass is 9.98. The predicted molar refractivity (Wildman–Crippen MR) is 99.6 cm³/mol. The molecule has 138 valence electrons. The Kier molecular flexibility index (Phi) is 6.00. The number of ether oxygens (including phenoxy) is 2. The molecule has 3 rings (SSSR count). The number of likely N-dealkylation sites (tertiary alicyclic amines) is 1. The summed E-state index contributed by atoms with van der Waals surface area (Å²) in [6.07, 6.45) is 2.36. The third-order valence-corrected chi connectivity index (χ3v) is 4.66. The zero-order valence-electron chi connectivity index (χ0n) is 15.1. The van der Waals surface area contributed by atoms with Gasteiger partial charge in [0, 0.05) is 25.1 Å². The highest BCUT2D eigenvalue weighted by Crippen LogP contribution is 2.22. The van der Waals surface area contributed by atoms with Crippen LogP contribution in [0, 0.1) is 5.92 Å². The molecule has 1 aliphatic rings. The second-order valence-corrected chi connectivity index (χ2v) is 6.68. The first-order valence-electron chi connectivity index (χ1n) is 8.96. The largest absolute Gasteiger partial charge is 0.508 e. The number of piperidine rings is 1. The van der Waals surface area contributed by atoms with Crippen LogP contribution in [0.2, 0.25) is 0 Å². The molecule has 0 aliphatic carbocycles. The summed E-state index contributed by atoms with van der Waals surface area (Å²) >= 11 is 0. The molecule has 2 aromatic rings. The summed E-state index contributed by atoms with van der Waals surface area (Å²) in [5.41, 5.74) is 0.838. The van der Waals surface area contributed by atoms with Crippen LogP contribution in [0.3, 0.4) is 0 Å². The van der Waals surface area contributed by atoms with Crippen molar-refractivity contribution in [2.24, 2.45) is 5.92 Å². The van der Waals surface area contributed by atoms with Crippen LogP contribution in [0.15, 0.2) is 48.5 Å². The van der Waals surface area contributed by atoms with Gasteiger partial charge in [0.05, 0.1) is 20.1 Å². The van der Waals surface area contributed by atoms with Gasteiger partial charge in [0.25, 0.3) is 0 Å². The van der Waals surface area contributed by atoms with Crippen molar-refractivity contribution in [1.29, 1.82) is 0 Å². The molecule has 1 aliphatic heterocycles. The number of phenols is 1. The number of carbonyl (C=O) groups excluding carboxylic acids is 1. The van der Waals surface area contributed by atoms with Crippen LogP contribution < -0.4 is 9.47 Å². The first-order valence-corrected chi connectivity index (χ1v) is 8.96. The number of phenolic OH excluding ortho intramolecular Hbond substituents is 1. The number of carbonyl (C=O) groups is 1. The molecule has 2 aromatic carbocycles. The average Bonchev–Trinajstić information content (AvgIpc) is 2.67. The lowest BCUT2D eigenvalue weighted by Gasteiger charge is -2.32. The van der Waals surface area contributed by atoms with E-state index in [9.17, 15) is 9.90 Å². The summed E-state index contributed by atoms with van der Waals surface area (Å²) in [5.74, 6) is 2.17. The lowest BCUT2D eigenvalue weighted by Crippen LogP contribution is -2.42. The van der Waals surface area contributed by atoms with Crippen LogP contribution in [0.25, 0.3) is 0 Å². The normalized spacial score (nSPS) is 17.0. The molecule has 0 spiro atoms. The molecular weight excluding hydrogens is 330 g/mol. The lowest BCUT2D eigenvalue weighted by molar-refractivity contribution is -0.132. The fourth-order valence-electron chi connectivity index (χ4n) is 3.29. The Morgan fingerprint density at radius 1 is 1.19 bits per heavy atom. The van der Waals surface area contributed by atoms with Crippen molar-refractivity contribution >= 4 is 5.91 Å². The molecule has 1 amide bonds. The molecule has 26 heavy (non-hydrogen) atoms.